The number of amides is 3. The molecule has 2 aromatic heterocycles. The fourth-order valence-corrected chi connectivity index (χ4v) is 5.35. The molecule has 0 unspecified atom stereocenters. The van der Waals surface area contributed by atoms with Gasteiger partial charge in [-0.3, -0.25) is 19.5 Å². The third-order valence-electron chi connectivity index (χ3n) is 4.49. The molecule has 28 heavy (non-hydrogen) atoms. The molecule has 0 saturated heterocycles. The fraction of sp³-hybridized carbons (Fsp3) is 0.579. The fourth-order valence-electron chi connectivity index (χ4n) is 3.22. The number of thiophene rings is 1. The second kappa shape index (κ2) is 9.09. The minimum absolute atomic E-state index is 0.0103. The molecule has 0 saturated carbocycles. The Bertz CT molecular complexity index is 949. The Hall–Kier alpha value is -1.87. The lowest BCUT2D eigenvalue weighted by Crippen LogP contribution is -2.41. The highest BCUT2D eigenvalue weighted by Crippen LogP contribution is 2.35. The van der Waals surface area contributed by atoms with Crippen LogP contribution in [-0.4, -0.2) is 33.8 Å². The lowest BCUT2D eigenvalue weighted by molar-refractivity contribution is -0.117. The third kappa shape index (κ3) is 4.57. The van der Waals surface area contributed by atoms with Crippen LogP contribution in [0.15, 0.2) is 9.95 Å². The summed E-state index contributed by atoms with van der Waals surface area (Å²) in [4.78, 5) is 43.6. The normalized spacial score (nSPS) is 13.1. The van der Waals surface area contributed by atoms with E-state index in [9.17, 15) is 14.4 Å². The van der Waals surface area contributed by atoms with Gasteiger partial charge in [-0.05, 0) is 37.2 Å². The van der Waals surface area contributed by atoms with Crippen LogP contribution < -0.4 is 16.2 Å². The molecule has 0 aromatic carbocycles. The first-order valence-electron chi connectivity index (χ1n) is 9.66. The van der Waals surface area contributed by atoms with E-state index in [2.05, 4.69) is 10.6 Å². The van der Waals surface area contributed by atoms with Crippen molar-refractivity contribution in [3.63, 3.8) is 0 Å². The minimum Gasteiger partial charge on any atom is -0.338 e. The molecule has 152 valence electrons. The highest BCUT2D eigenvalue weighted by atomic mass is 32.2. The summed E-state index contributed by atoms with van der Waals surface area (Å²) in [6, 6.07) is -0.497. The summed E-state index contributed by atoms with van der Waals surface area (Å²) < 4.78 is 1.67. The number of hydrogen-bond acceptors (Lipinski definition) is 6. The quantitative estimate of drug-likeness (QED) is 0.529. The maximum atomic E-state index is 13.1. The summed E-state index contributed by atoms with van der Waals surface area (Å²) >= 11 is 2.79. The van der Waals surface area contributed by atoms with E-state index in [1.54, 1.807) is 15.9 Å². The zero-order chi connectivity index (χ0) is 20.3. The van der Waals surface area contributed by atoms with Gasteiger partial charge in [0.2, 0.25) is 5.91 Å². The Labute approximate surface area is 172 Å². The van der Waals surface area contributed by atoms with Crippen LogP contribution >= 0.6 is 23.1 Å². The van der Waals surface area contributed by atoms with Gasteiger partial charge in [-0.2, -0.15) is 0 Å². The average molecular weight is 423 g/mol. The van der Waals surface area contributed by atoms with Crippen molar-refractivity contribution in [1.29, 1.82) is 0 Å². The monoisotopic (exact) mass is 422 g/mol. The van der Waals surface area contributed by atoms with Crippen LogP contribution in [0.3, 0.4) is 0 Å². The van der Waals surface area contributed by atoms with Crippen molar-refractivity contribution in [1.82, 2.24) is 20.2 Å². The van der Waals surface area contributed by atoms with Gasteiger partial charge in [-0.25, -0.2) is 9.78 Å². The van der Waals surface area contributed by atoms with E-state index in [4.69, 9.17) is 4.98 Å². The SMILES string of the molecule is CCCn1c(SCC(=O)NC(=O)NCC(C)C)nc2sc3c(c2c1=O)CCC3. The number of carbonyl (C=O) groups is 2. The van der Waals surface area contributed by atoms with Gasteiger partial charge in [0.25, 0.3) is 5.56 Å². The summed E-state index contributed by atoms with van der Waals surface area (Å²) in [5, 5.41) is 6.26. The Morgan fingerprint density at radius 1 is 1.32 bits per heavy atom. The molecule has 1 aliphatic carbocycles. The number of fused-ring (bicyclic) bond motifs is 3. The number of nitrogens with zero attached hydrogens (tertiary/aromatic N) is 2. The molecule has 0 fully saturated rings. The minimum atomic E-state index is -0.497. The molecule has 2 aromatic rings. The Kier molecular flexibility index (Phi) is 6.77. The molecule has 1 aliphatic rings. The van der Waals surface area contributed by atoms with Gasteiger partial charge in [0.05, 0.1) is 11.1 Å². The van der Waals surface area contributed by atoms with Crippen LogP contribution in [0, 0.1) is 5.92 Å². The summed E-state index contributed by atoms with van der Waals surface area (Å²) in [6.07, 6.45) is 3.86. The first-order valence-corrected chi connectivity index (χ1v) is 11.5. The number of nitrogens with one attached hydrogen (secondary N) is 2. The summed E-state index contributed by atoms with van der Waals surface area (Å²) in [5.74, 6) is -0.0682. The largest absolute Gasteiger partial charge is 0.338 e. The van der Waals surface area contributed by atoms with Crippen LogP contribution in [-0.2, 0) is 24.2 Å². The number of thioether (sulfide) groups is 1. The number of rotatable bonds is 7. The second-order valence-corrected chi connectivity index (χ2v) is 9.36. The Morgan fingerprint density at radius 3 is 2.82 bits per heavy atom. The summed E-state index contributed by atoms with van der Waals surface area (Å²) in [5.41, 5.74) is 1.15. The first kappa shape index (κ1) is 20.9. The second-order valence-electron chi connectivity index (χ2n) is 7.33. The van der Waals surface area contributed by atoms with Crippen LogP contribution in [0.2, 0.25) is 0 Å². The molecule has 3 rings (SSSR count). The number of aromatic nitrogens is 2. The van der Waals surface area contributed by atoms with Crippen LogP contribution in [0.25, 0.3) is 10.2 Å². The lowest BCUT2D eigenvalue weighted by Gasteiger charge is -2.12. The van der Waals surface area contributed by atoms with Gasteiger partial charge >= 0.3 is 6.03 Å². The molecule has 0 radical (unpaired) electrons. The smallest absolute Gasteiger partial charge is 0.321 e. The number of urea groups is 1. The molecule has 9 heteroatoms. The molecular weight excluding hydrogens is 396 g/mol. The molecule has 2 heterocycles. The zero-order valence-electron chi connectivity index (χ0n) is 16.5. The topological polar surface area (TPSA) is 93.1 Å². The molecule has 2 N–H and O–H groups in total. The van der Waals surface area contributed by atoms with Gasteiger partial charge in [0.1, 0.15) is 4.83 Å². The van der Waals surface area contributed by atoms with Gasteiger partial charge < -0.3 is 5.32 Å². The van der Waals surface area contributed by atoms with E-state index >= 15 is 0 Å². The number of carbonyl (C=O) groups excluding carboxylic acids is 2. The maximum Gasteiger partial charge on any atom is 0.321 e. The highest BCUT2D eigenvalue weighted by molar-refractivity contribution is 7.99. The lowest BCUT2D eigenvalue weighted by atomic mass is 10.2. The highest BCUT2D eigenvalue weighted by Gasteiger charge is 2.23. The van der Waals surface area contributed by atoms with E-state index in [0.29, 0.717) is 24.2 Å². The van der Waals surface area contributed by atoms with Crippen molar-refractivity contribution >= 4 is 45.3 Å². The third-order valence-corrected chi connectivity index (χ3v) is 6.66. The predicted octanol–water partition coefficient (Wildman–Crippen LogP) is 2.93. The average Bonchev–Trinajstić information content (AvgIpc) is 3.21. The molecule has 7 nitrogen and oxygen atoms in total. The Morgan fingerprint density at radius 2 is 2.11 bits per heavy atom. The molecule has 3 amide bonds. The molecular formula is C19H26N4O3S2. The van der Waals surface area contributed by atoms with Crippen molar-refractivity contribution in [2.75, 3.05) is 12.3 Å². The van der Waals surface area contributed by atoms with E-state index in [0.717, 1.165) is 35.9 Å². The number of aryl methyl sites for hydroxylation is 2. The van der Waals surface area contributed by atoms with Gasteiger partial charge in [-0.1, -0.05) is 32.5 Å². The number of imide groups is 1. The van der Waals surface area contributed by atoms with Crippen molar-refractivity contribution in [2.45, 2.75) is 58.2 Å². The summed E-state index contributed by atoms with van der Waals surface area (Å²) in [7, 11) is 0. The molecule has 0 atom stereocenters. The maximum absolute atomic E-state index is 13.1. The van der Waals surface area contributed by atoms with Crippen molar-refractivity contribution in [3.05, 3.63) is 20.8 Å². The van der Waals surface area contributed by atoms with Crippen LogP contribution in [0.5, 0.6) is 0 Å². The van der Waals surface area contributed by atoms with E-state index < -0.39 is 11.9 Å². The van der Waals surface area contributed by atoms with Crippen LogP contribution in [0.1, 0.15) is 44.1 Å². The van der Waals surface area contributed by atoms with Crippen molar-refractivity contribution in [2.24, 2.45) is 5.92 Å². The molecule has 0 aliphatic heterocycles. The Balaban J connectivity index is 1.75. The molecule has 0 bridgehead atoms. The van der Waals surface area contributed by atoms with Crippen molar-refractivity contribution in [3.8, 4) is 0 Å². The van der Waals surface area contributed by atoms with Crippen LogP contribution in [0.4, 0.5) is 4.79 Å². The molecule has 0 spiro atoms. The van der Waals surface area contributed by atoms with E-state index in [1.165, 1.54) is 22.2 Å². The summed E-state index contributed by atoms with van der Waals surface area (Å²) in [6.45, 7) is 7.03. The van der Waals surface area contributed by atoms with Gasteiger partial charge in [0, 0.05) is 18.0 Å². The van der Waals surface area contributed by atoms with Crippen molar-refractivity contribution < 1.29 is 9.59 Å². The van der Waals surface area contributed by atoms with Gasteiger partial charge in [-0.15, -0.1) is 11.3 Å². The predicted molar refractivity (Wildman–Crippen MR) is 113 cm³/mol. The first-order chi connectivity index (χ1) is 13.4. The van der Waals surface area contributed by atoms with E-state index in [-0.39, 0.29) is 11.3 Å². The zero-order valence-corrected chi connectivity index (χ0v) is 18.1. The van der Waals surface area contributed by atoms with E-state index in [1.807, 2.05) is 20.8 Å². The number of hydrogen-bond donors (Lipinski definition) is 2. The van der Waals surface area contributed by atoms with Gasteiger partial charge in [0.15, 0.2) is 5.16 Å². The standard InChI is InChI=1S/C19H26N4O3S2/c1-4-8-23-17(25)15-12-6-5-7-13(12)28-16(15)22-19(23)27-10-14(24)21-18(26)20-9-11(2)3/h11H,4-10H2,1-3H3,(H2,20,21,24,26).